The highest BCUT2D eigenvalue weighted by molar-refractivity contribution is 7.92. The van der Waals surface area contributed by atoms with Gasteiger partial charge in [0.25, 0.3) is 0 Å². The van der Waals surface area contributed by atoms with Gasteiger partial charge in [0.2, 0.25) is 15.9 Å². The van der Waals surface area contributed by atoms with E-state index in [0.29, 0.717) is 11.6 Å². The maximum Gasteiger partial charge on any atom is 0.244 e. The molecule has 0 fully saturated rings. The van der Waals surface area contributed by atoms with E-state index in [1.165, 1.54) is 4.31 Å². The van der Waals surface area contributed by atoms with Crippen LogP contribution >= 0.6 is 0 Å². The molecule has 0 spiro atoms. The third-order valence-electron chi connectivity index (χ3n) is 4.60. The van der Waals surface area contributed by atoms with Crippen LogP contribution in [-0.2, 0) is 14.8 Å². The van der Waals surface area contributed by atoms with Gasteiger partial charge in [-0.15, -0.1) is 0 Å². The van der Waals surface area contributed by atoms with Crippen molar-refractivity contribution in [1.29, 1.82) is 0 Å². The third-order valence-corrected chi connectivity index (χ3v) is 5.84. The van der Waals surface area contributed by atoms with Crippen molar-refractivity contribution < 1.29 is 13.2 Å². The van der Waals surface area contributed by atoms with Gasteiger partial charge in [-0.2, -0.15) is 0 Å². The van der Waals surface area contributed by atoms with Crippen molar-refractivity contribution in [3.05, 3.63) is 65.7 Å². The molecule has 1 amide bonds. The maximum absolute atomic E-state index is 13.0. The SMILES string of the molecule is Cc1ccc(N([C@H](C)C(=O)N[C@@H](CC(C)C)c2ccccc2)S(C)(=O)=O)cc1. The Kier molecular flexibility index (Phi) is 7.24. The minimum Gasteiger partial charge on any atom is -0.347 e. The van der Waals surface area contributed by atoms with E-state index in [-0.39, 0.29) is 11.9 Å². The minimum absolute atomic E-state index is 0.171. The zero-order valence-electron chi connectivity index (χ0n) is 17.2. The standard InChI is InChI=1S/C22H30N2O3S/c1-16(2)15-21(19-9-7-6-8-10-19)23-22(25)18(4)24(28(5,26)27)20-13-11-17(3)12-14-20/h6-14,16,18,21H,15H2,1-5H3,(H,23,25)/t18-,21+/m1/s1. The molecule has 0 aliphatic carbocycles. The van der Waals surface area contributed by atoms with E-state index in [1.807, 2.05) is 49.4 Å². The Morgan fingerprint density at radius 3 is 2.07 bits per heavy atom. The smallest absolute Gasteiger partial charge is 0.244 e. The molecule has 2 rings (SSSR count). The highest BCUT2D eigenvalue weighted by Crippen LogP contribution is 2.24. The fourth-order valence-corrected chi connectivity index (χ4v) is 4.40. The third kappa shape index (κ3) is 5.83. The second-order valence-electron chi connectivity index (χ2n) is 7.67. The molecular formula is C22H30N2O3S. The maximum atomic E-state index is 13.0. The minimum atomic E-state index is -3.63. The summed E-state index contributed by atoms with van der Waals surface area (Å²) >= 11 is 0. The Morgan fingerprint density at radius 1 is 1.00 bits per heavy atom. The normalized spacial score (nSPS) is 13.8. The van der Waals surface area contributed by atoms with Gasteiger partial charge in [0.15, 0.2) is 0 Å². The number of nitrogens with one attached hydrogen (secondary N) is 1. The molecule has 0 bridgehead atoms. The number of nitrogens with zero attached hydrogens (tertiary/aromatic N) is 1. The van der Waals surface area contributed by atoms with E-state index < -0.39 is 16.1 Å². The van der Waals surface area contributed by atoms with Gasteiger partial charge in [0, 0.05) is 0 Å². The van der Waals surface area contributed by atoms with Gasteiger partial charge >= 0.3 is 0 Å². The number of hydrogen-bond donors (Lipinski definition) is 1. The zero-order valence-corrected chi connectivity index (χ0v) is 18.0. The van der Waals surface area contributed by atoms with Gasteiger partial charge in [-0.1, -0.05) is 61.9 Å². The number of hydrogen-bond acceptors (Lipinski definition) is 3. The molecule has 0 aliphatic heterocycles. The van der Waals surface area contributed by atoms with Crippen molar-refractivity contribution in [2.24, 2.45) is 5.92 Å². The molecular weight excluding hydrogens is 372 g/mol. The summed E-state index contributed by atoms with van der Waals surface area (Å²) in [6.45, 7) is 7.75. The van der Waals surface area contributed by atoms with E-state index in [4.69, 9.17) is 0 Å². The Bertz CT molecular complexity index is 878. The van der Waals surface area contributed by atoms with Crippen molar-refractivity contribution in [3.63, 3.8) is 0 Å². The summed E-state index contributed by atoms with van der Waals surface area (Å²) in [6, 6.07) is 15.9. The summed E-state index contributed by atoms with van der Waals surface area (Å²) in [6.07, 6.45) is 1.89. The lowest BCUT2D eigenvalue weighted by molar-refractivity contribution is -0.122. The Hall–Kier alpha value is -2.34. The quantitative estimate of drug-likeness (QED) is 0.724. The van der Waals surface area contributed by atoms with Crippen LogP contribution in [0.2, 0.25) is 0 Å². The molecule has 0 saturated carbocycles. The van der Waals surface area contributed by atoms with Gasteiger partial charge in [-0.05, 0) is 43.9 Å². The zero-order chi connectivity index (χ0) is 20.9. The lowest BCUT2D eigenvalue weighted by atomic mass is 9.96. The van der Waals surface area contributed by atoms with Gasteiger partial charge in [0.1, 0.15) is 6.04 Å². The van der Waals surface area contributed by atoms with E-state index in [1.54, 1.807) is 19.1 Å². The van der Waals surface area contributed by atoms with Crippen LogP contribution in [-0.4, -0.2) is 26.6 Å². The summed E-state index contributed by atoms with van der Waals surface area (Å²) < 4.78 is 26.1. The number of rotatable bonds is 8. The second-order valence-corrected chi connectivity index (χ2v) is 9.53. The van der Waals surface area contributed by atoms with Crippen LogP contribution in [0.1, 0.15) is 44.4 Å². The number of carbonyl (C=O) groups is 1. The van der Waals surface area contributed by atoms with E-state index >= 15 is 0 Å². The average Bonchev–Trinajstić information content (AvgIpc) is 2.62. The summed E-state index contributed by atoms with van der Waals surface area (Å²) in [5.41, 5.74) is 2.52. The van der Waals surface area contributed by atoms with Crippen molar-refractivity contribution >= 4 is 21.6 Å². The predicted molar refractivity (Wildman–Crippen MR) is 115 cm³/mol. The van der Waals surface area contributed by atoms with Crippen molar-refractivity contribution in [2.75, 3.05) is 10.6 Å². The molecule has 6 heteroatoms. The van der Waals surface area contributed by atoms with Crippen LogP contribution in [0.5, 0.6) is 0 Å². The molecule has 5 nitrogen and oxygen atoms in total. The molecule has 28 heavy (non-hydrogen) atoms. The molecule has 0 saturated heterocycles. The van der Waals surface area contributed by atoms with Crippen LogP contribution in [0.4, 0.5) is 5.69 Å². The van der Waals surface area contributed by atoms with Crippen LogP contribution in [0, 0.1) is 12.8 Å². The molecule has 152 valence electrons. The molecule has 0 unspecified atom stereocenters. The first-order chi connectivity index (χ1) is 13.1. The first-order valence-electron chi connectivity index (χ1n) is 9.51. The van der Waals surface area contributed by atoms with Gasteiger partial charge < -0.3 is 5.32 Å². The van der Waals surface area contributed by atoms with Gasteiger partial charge in [-0.3, -0.25) is 9.10 Å². The number of carbonyl (C=O) groups excluding carboxylic acids is 1. The van der Waals surface area contributed by atoms with Crippen molar-refractivity contribution in [3.8, 4) is 0 Å². The largest absolute Gasteiger partial charge is 0.347 e. The summed E-state index contributed by atoms with van der Waals surface area (Å²) in [5, 5.41) is 3.05. The molecule has 2 aromatic carbocycles. The van der Waals surface area contributed by atoms with Crippen LogP contribution in [0.15, 0.2) is 54.6 Å². The number of benzene rings is 2. The molecule has 2 aromatic rings. The number of amides is 1. The summed E-state index contributed by atoms with van der Waals surface area (Å²) in [5.74, 6) is 0.0597. The Labute approximate surface area is 168 Å². The first kappa shape index (κ1) is 22.0. The van der Waals surface area contributed by atoms with Crippen LogP contribution in [0.3, 0.4) is 0 Å². The fourth-order valence-electron chi connectivity index (χ4n) is 3.23. The molecule has 0 radical (unpaired) electrons. The average molecular weight is 403 g/mol. The molecule has 0 heterocycles. The lowest BCUT2D eigenvalue weighted by Crippen LogP contribution is -2.48. The predicted octanol–water partition coefficient (Wildman–Crippen LogP) is 4.05. The molecule has 0 aromatic heterocycles. The van der Waals surface area contributed by atoms with E-state index in [2.05, 4.69) is 19.2 Å². The first-order valence-corrected chi connectivity index (χ1v) is 11.4. The monoisotopic (exact) mass is 402 g/mol. The molecule has 0 aliphatic rings. The Balaban J connectivity index is 2.29. The lowest BCUT2D eigenvalue weighted by Gasteiger charge is -2.30. The number of sulfonamides is 1. The molecule has 2 atom stereocenters. The van der Waals surface area contributed by atoms with Crippen molar-refractivity contribution in [1.82, 2.24) is 5.32 Å². The van der Waals surface area contributed by atoms with E-state index in [9.17, 15) is 13.2 Å². The fraction of sp³-hybridized carbons (Fsp3) is 0.409. The topological polar surface area (TPSA) is 66.5 Å². The number of anilines is 1. The molecule has 1 N–H and O–H groups in total. The highest BCUT2D eigenvalue weighted by Gasteiger charge is 2.30. The van der Waals surface area contributed by atoms with Gasteiger partial charge in [-0.25, -0.2) is 8.42 Å². The number of aryl methyl sites for hydroxylation is 1. The summed E-state index contributed by atoms with van der Waals surface area (Å²) in [4.78, 5) is 13.0. The summed E-state index contributed by atoms with van der Waals surface area (Å²) in [7, 11) is -3.63. The van der Waals surface area contributed by atoms with Crippen LogP contribution in [0.25, 0.3) is 0 Å². The van der Waals surface area contributed by atoms with E-state index in [0.717, 1.165) is 23.8 Å². The van der Waals surface area contributed by atoms with Crippen LogP contribution < -0.4 is 9.62 Å². The highest BCUT2D eigenvalue weighted by atomic mass is 32.2. The van der Waals surface area contributed by atoms with Crippen molar-refractivity contribution in [2.45, 2.75) is 46.2 Å². The Morgan fingerprint density at radius 2 is 1.57 bits per heavy atom. The second kappa shape index (κ2) is 9.24. The van der Waals surface area contributed by atoms with Gasteiger partial charge in [0.05, 0.1) is 18.0 Å².